The third-order valence-corrected chi connectivity index (χ3v) is 3.19. The lowest BCUT2D eigenvalue weighted by Gasteiger charge is -2.09. The minimum absolute atomic E-state index is 0.172. The van der Waals surface area contributed by atoms with Crippen LogP contribution in [-0.4, -0.2) is 5.78 Å². The van der Waals surface area contributed by atoms with Crippen LogP contribution in [-0.2, 0) is 4.79 Å². The largest absolute Gasteiger partial charge is 0.299 e. The first-order chi connectivity index (χ1) is 6.65. The number of allylic oxidation sites excluding steroid dienone is 4. The minimum Gasteiger partial charge on any atom is -0.299 e. The molecule has 2 unspecified atom stereocenters. The molecule has 1 saturated carbocycles. The number of carbonyl (C=O) groups is 1. The van der Waals surface area contributed by atoms with E-state index in [4.69, 9.17) is 0 Å². The van der Waals surface area contributed by atoms with Crippen LogP contribution in [0.5, 0.6) is 0 Å². The number of carbonyl (C=O) groups excluding carboxylic acids is 1. The van der Waals surface area contributed by atoms with Crippen LogP contribution in [0.4, 0.5) is 0 Å². The standard InChI is InChI=1S/C13H20O/c1-5-10-9(4)8-12(11(10)6-2)13(14)7-3/h5-6,9,12H,7-8H2,1-4H3/b10-5-,11-6+. The van der Waals surface area contributed by atoms with Crippen LogP contribution in [0.25, 0.3) is 0 Å². The van der Waals surface area contributed by atoms with Crippen molar-refractivity contribution in [3.63, 3.8) is 0 Å². The van der Waals surface area contributed by atoms with Gasteiger partial charge in [-0.15, -0.1) is 0 Å². The third-order valence-electron chi connectivity index (χ3n) is 3.19. The maximum absolute atomic E-state index is 11.7. The molecule has 0 N–H and O–H groups in total. The van der Waals surface area contributed by atoms with Crippen molar-refractivity contribution in [2.24, 2.45) is 11.8 Å². The molecule has 0 aromatic rings. The molecule has 0 saturated heterocycles. The van der Waals surface area contributed by atoms with Crippen LogP contribution in [0.3, 0.4) is 0 Å². The molecule has 0 aromatic heterocycles. The van der Waals surface area contributed by atoms with E-state index in [0.29, 0.717) is 18.1 Å². The number of ketones is 1. The SMILES string of the molecule is C/C=C1\C(=C/C)C(C(=O)CC)CC1C. The maximum Gasteiger partial charge on any atom is 0.140 e. The molecule has 0 radical (unpaired) electrons. The summed E-state index contributed by atoms with van der Waals surface area (Å²) in [6.07, 6.45) is 5.93. The highest BCUT2D eigenvalue weighted by molar-refractivity contribution is 5.85. The van der Waals surface area contributed by atoms with Gasteiger partial charge >= 0.3 is 0 Å². The molecule has 1 aliphatic carbocycles. The molecule has 1 nitrogen and oxygen atoms in total. The summed E-state index contributed by atoms with van der Waals surface area (Å²) in [7, 11) is 0. The fourth-order valence-electron chi connectivity index (χ4n) is 2.46. The Morgan fingerprint density at radius 2 is 1.93 bits per heavy atom. The first-order valence-electron chi connectivity index (χ1n) is 5.51. The van der Waals surface area contributed by atoms with E-state index >= 15 is 0 Å². The van der Waals surface area contributed by atoms with E-state index in [1.165, 1.54) is 11.1 Å². The van der Waals surface area contributed by atoms with Gasteiger partial charge in [0, 0.05) is 12.3 Å². The summed E-state index contributed by atoms with van der Waals surface area (Å²) < 4.78 is 0. The van der Waals surface area contributed by atoms with E-state index in [2.05, 4.69) is 26.0 Å². The summed E-state index contributed by atoms with van der Waals surface area (Å²) in [6, 6.07) is 0. The molecule has 1 rings (SSSR count). The van der Waals surface area contributed by atoms with E-state index in [1.807, 2.05) is 13.8 Å². The van der Waals surface area contributed by atoms with Gasteiger partial charge in [-0.1, -0.05) is 26.0 Å². The molecule has 0 spiro atoms. The number of hydrogen-bond acceptors (Lipinski definition) is 1. The van der Waals surface area contributed by atoms with Crippen LogP contribution in [0.15, 0.2) is 23.3 Å². The molecular weight excluding hydrogens is 172 g/mol. The van der Waals surface area contributed by atoms with Crippen LogP contribution in [0.1, 0.15) is 40.5 Å². The van der Waals surface area contributed by atoms with Crippen molar-refractivity contribution in [2.75, 3.05) is 0 Å². The first-order valence-corrected chi connectivity index (χ1v) is 5.51. The van der Waals surface area contributed by atoms with Gasteiger partial charge in [0.2, 0.25) is 0 Å². The quantitative estimate of drug-likeness (QED) is 0.654. The summed E-state index contributed by atoms with van der Waals surface area (Å²) in [6.45, 7) is 8.26. The van der Waals surface area contributed by atoms with E-state index in [-0.39, 0.29) is 5.92 Å². The number of hydrogen-bond donors (Lipinski definition) is 0. The zero-order chi connectivity index (χ0) is 10.7. The summed E-state index contributed by atoms with van der Waals surface area (Å²) >= 11 is 0. The molecule has 0 aromatic carbocycles. The van der Waals surface area contributed by atoms with Crippen LogP contribution >= 0.6 is 0 Å². The van der Waals surface area contributed by atoms with Crippen molar-refractivity contribution in [1.29, 1.82) is 0 Å². The highest BCUT2D eigenvalue weighted by Crippen LogP contribution is 2.41. The molecule has 1 fully saturated rings. The van der Waals surface area contributed by atoms with Gasteiger partial charge in [0.05, 0.1) is 0 Å². The van der Waals surface area contributed by atoms with Gasteiger partial charge in [0.15, 0.2) is 0 Å². The second-order valence-corrected chi connectivity index (χ2v) is 4.00. The molecule has 78 valence electrons. The molecule has 2 atom stereocenters. The van der Waals surface area contributed by atoms with Crippen LogP contribution in [0, 0.1) is 11.8 Å². The Morgan fingerprint density at radius 1 is 1.36 bits per heavy atom. The van der Waals surface area contributed by atoms with E-state index < -0.39 is 0 Å². The molecular formula is C13H20O. The Kier molecular flexibility index (Phi) is 3.68. The summed E-state index contributed by atoms with van der Waals surface area (Å²) in [5.41, 5.74) is 2.64. The average Bonchev–Trinajstić information content (AvgIpc) is 2.53. The molecule has 0 amide bonds. The van der Waals surface area contributed by atoms with Crippen molar-refractivity contribution in [1.82, 2.24) is 0 Å². The number of Topliss-reactive ketones (excluding diaryl/α,β-unsaturated/α-hetero) is 1. The van der Waals surface area contributed by atoms with E-state index in [1.54, 1.807) is 0 Å². The van der Waals surface area contributed by atoms with Crippen molar-refractivity contribution in [2.45, 2.75) is 40.5 Å². The van der Waals surface area contributed by atoms with Crippen LogP contribution in [0.2, 0.25) is 0 Å². The molecule has 0 heterocycles. The van der Waals surface area contributed by atoms with Gasteiger partial charge in [-0.05, 0) is 37.3 Å². The van der Waals surface area contributed by atoms with Gasteiger partial charge in [-0.2, -0.15) is 0 Å². The van der Waals surface area contributed by atoms with Crippen molar-refractivity contribution >= 4 is 5.78 Å². The second-order valence-electron chi connectivity index (χ2n) is 4.00. The van der Waals surface area contributed by atoms with Crippen molar-refractivity contribution < 1.29 is 4.79 Å². The minimum atomic E-state index is 0.172. The van der Waals surface area contributed by atoms with Gasteiger partial charge in [0.25, 0.3) is 0 Å². The molecule has 1 heteroatoms. The Bertz CT molecular complexity index is 284. The lowest BCUT2D eigenvalue weighted by molar-refractivity contribution is -0.121. The Balaban J connectivity index is 2.98. The monoisotopic (exact) mass is 192 g/mol. The third kappa shape index (κ3) is 1.82. The Labute approximate surface area is 86.9 Å². The fraction of sp³-hybridized carbons (Fsp3) is 0.615. The summed E-state index contributed by atoms with van der Waals surface area (Å²) in [5, 5.41) is 0. The van der Waals surface area contributed by atoms with E-state index in [0.717, 1.165) is 6.42 Å². The van der Waals surface area contributed by atoms with Gasteiger partial charge in [-0.25, -0.2) is 0 Å². The predicted octanol–water partition coefficient (Wildman–Crippen LogP) is 3.51. The maximum atomic E-state index is 11.7. The Hall–Kier alpha value is -0.850. The first kappa shape index (κ1) is 11.2. The van der Waals surface area contributed by atoms with Gasteiger partial charge in [-0.3, -0.25) is 4.79 Å². The van der Waals surface area contributed by atoms with Gasteiger partial charge in [0.1, 0.15) is 5.78 Å². The molecule has 14 heavy (non-hydrogen) atoms. The molecule has 0 bridgehead atoms. The zero-order valence-electron chi connectivity index (χ0n) is 9.63. The molecule has 0 aliphatic heterocycles. The van der Waals surface area contributed by atoms with Crippen molar-refractivity contribution in [3.05, 3.63) is 23.3 Å². The normalized spacial score (nSPS) is 32.9. The second kappa shape index (κ2) is 4.59. The van der Waals surface area contributed by atoms with Gasteiger partial charge < -0.3 is 0 Å². The smallest absolute Gasteiger partial charge is 0.140 e. The summed E-state index contributed by atoms with van der Waals surface area (Å²) in [4.78, 5) is 11.7. The lowest BCUT2D eigenvalue weighted by atomic mass is 9.94. The van der Waals surface area contributed by atoms with Crippen molar-refractivity contribution in [3.8, 4) is 0 Å². The summed E-state index contributed by atoms with van der Waals surface area (Å²) in [5.74, 6) is 1.11. The molecule has 1 aliphatic rings. The van der Waals surface area contributed by atoms with Crippen LogP contribution < -0.4 is 0 Å². The fourth-order valence-corrected chi connectivity index (χ4v) is 2.46. The Morgan fingerprint density at radius 3 is 2.36 bits per heavy atom. The van der Waals surface area contributed by atoms with E-state index in [9.17, 15) is 4.79 Å². The zero-order valence-corrected chi connectivity index (χ0v) is 9.63. The highest BCUT2D eigenvalue weighted by atomic mass is 16.1. The topological polar surface area (TPSA) is 17.1 Å². The lowest BCUT2D eigenvalue weighted by Crippen LogP contribution is -2.11. The average molecular weight is 192 g/mol. The highest BCUT2D eigenvalue weighted by Gasteiger charge is 2.33. The number of rotatable bonds is 2. The predicted molar refractivity (Wildman–Crippen MR) is 60.1 cm³/mol.